The van der Waals surface area contributed by atoms with Crippen molar-refractivity contribution in [2.45, 2.75) is 31.4 Å². The molecule has 1 rings (SSSR count). The lowest BCUT2D eigenvalue weighted by atomic mass is 10.1. The lowest BCUT2D eigenvalue weighted by molar-refractivity contribution is 0.0124. The Morgan fingerprint density at radius 2 is 2.18 bits per heavy atom. The zero-order chi connectivity index (χ0) is 8.65. The van der Waals surface area contributed by atoms with Crippen molar-refractivity contribution < 1.29 is 13.9 Å². The topological polar surface area (TPSA) is 23.5 Å². The Labute approximate surface area is 64.8 Å². The van der Waals surface area contributed by atoms with Crippen LogP contribution in [0.25, 0.3) is 0 Å². The van der Waals surface area contributed by atoms with E-state index in [1.165, 1.54) is 4.90 Å². The molecule has 0 radical (unpaired) electrons. The summed E-state index contributed by atoms with van der Waals surface area (Å²) in [5.74, 6) is -2.61. The molecule has 0 amide bonds. The molecule has 0 spiro atoms. The highest BCUT2D eigenvalue weighted by Crippen LogP contribution is 2.31. The molecule has 2 nitrogen and oxygen atoms in total. The number of aliphatic hydroxyl groups is 1. The number of likely N-dealkylation sites (N-methyl/N-ethyl adjacent to an activating group) is 1. The fraction of sp³-hybridized carbons (Fsp3) is 1.00. The first-order valence-electron chi connectivity index (χ1n) is 3.68. The van der Waals surface area contributed by atoms with Crippen LogP contribution in [0.15, 0.2) is 0 Å². The Morgan fingerprint density at radius 1 is 1.64 bits per heavy atom. The van der Waals surface area contributed by atoms with Crippen molar-refractivity contribution in [2.24, 2.45) is 0 Å². The first-order valence-corrected chi connectivity index (χ1v) is 3.68. The van der Waals surface area contributed by atoms with E-state index in [9.17, 15) is 8.78 Å². The van der Waals surface area contributed by atoms with E-state index in [0.717, 1.165) is 0 Å². The van der Waals surface area contributed by atoms with Gasteiger partial charge in [0, 0.05) is 12.5 Å². The zero-order valence-corrected chi connectivity index (χ0v) is 6.72. The molecule has 11 heavy (non-hydrogen) atoms. The van der Waals surface area contributed by atoms with E-state index < -0.39 is 12.0 Å². The Bertz CT molecular complexity index is 149. The molecule has 0 aromatic carbocycles. The summed E-state index contributed by atoms with van der Waals surface area (Å²) < 4.78 is 25.3. The lowest BCUT2D eigenvalue weighted by Crippen LogP contribution is -2.34. The summed E-state index contributed by atoms with van der Waals surface area (Å²) in [6.07, 6.45) is -0.894. The quantitative estimate of drug-likeness (QED) is 0.618. The third-order valence-corrected chi connectivity index (χ3v) is 2.11. The van der Waals surface area contributed by atoms with Crippen molar-refractivity contribution in [1.29, 1.82) is 0 Å². The van der Waals surface area contributed by atoms with Crippen molar-refractivity contribution in [3.8, 4) is 0 Å². The van der Waals surface area contributed by atoms with E-state index in [0.29, 0.717) is 0 Å². The van der Waals surface area contributed by atoms with Gasteiger partial charge in [0.15, 0.2) is 0 Å². The van der Waals surface area contributed by atoms with Gasteiger partial charge in [-0.1, -0.05) is 0 Å². The molecule has 1 unspecified atom stereocenters. The summed E-state index contributed by atoms with van der Waals surface area (Å²) >= 11 is 0. The summed E-state index contributed by atoms with van der Waals surface area (Å²) in [7, 11) is 1.61. The average molecular weight is 165 g/mol. The van der Waals surface area contributed by atoms with Gasteiger partial charge in [0.1, 0.15) is 0 Å². The van der Waals surface area contributed by atoms with Crippen molar-refractivity contribution in [1.82, 2.24) is 4.90 Å². The fourth-order valence-electron chi connectivity index (χ4n) is 1.55. The summed E-state index contributed by atoms with van der Waals surface area (Å²) in [5, 5.41) is 9.08. The average Bonchev–Trinajstić information content (AvgIpc) is 2.05. The van der Waals surface area contributed by atoms with Gasteiger partial charge in [-0.3, -0.25) is 4.90 Å². The third kappa shape index (κ3) is 1.87. The largest absolute Gasteiger partial charge is 0.392 e. The maximum Gasteiger partial charge on any atom is 0.262 e. The number of rotatable bonds is 1. The predicted octanol–water partition coefficient (Wildman–Crippen LogP) is 0.707. The molecule has 66 valence electrons. The first kappa shape index (κ1) is 8.87. The molecule has 0 aromatic heterocycles. The summed E-state index contributed by atoms with van der Waals surface area (Å²) in [4.78, 5) is 1.50. The second-order valence-electron chi connectivity index (χ2n) is 3.28. The minimum atomic E-state index is -2.61. The van der Waals surface area contributed by atoms with Crippen LogP contribution in [0.5, 0.6) is 0 Å². The Balaban J connectivity index is 2.59. The summed E-state index contributed by atoms with van der Waals surface area (Å²) in [6.45, 7) is 1.31. The number of nitrogens with zero attached hydrogens (tertiary/aromatic N) is 1. The maximum absolute atomic E-state index is 12.7. The number of alkyl halides is 2. The highest BCUT2D eigenvalue weighted by atomic mass is 19.3. The van der Waals surface area contributed by atoms with Crippen LogP contribution < -0.4 is 0 Å². The highest BCUT2D eigenvalue weighted by molar-refractivity contribution is 4.90. The van der Waals surface area contributed by atoms with E-state index in [-0.39, 0.29) is 19.0 Å². The van der Waals surface area contributed by atoms with E-state index in [2.05, 4.69) is 0 Å². The van der Waals surface area contributed by atoms with E-state index >= 15 is 0 Å². The van der Waals surface area contributed by atoms with Crippen LogP contribution in [0.2, 0.25) is 0 Å². The zero-order valence-electron chi connectivity index (χ0n) is 6.72. The standard InChI is InChI=1S/C7H13F2NO/c1-5(11)6-3-7(8,9)4-10(6)2/h5-6,11H,3-4H2,1-2H3/t5-,6?/m0/s1. The minimum Gasteiger partial charge on any atom is -0.392 e. The monoisotopic (exact) mass is 165 g/mol. The van der Waals surface area contributed by atoms with E-state index in [1.54, 1.807) is 14.0 Å². The lowest BCUT2D eigenvalue weighted by Gasteiger charge is -2.20. The SMILES string of the molecule is C[C@H](O)C1CC(F)(F)CN1C. The normalized spacial score (nSPS) is 34.1. The Morgan fingerprint density at radius 3 is 2.36 bits per heavy atom. The van der Waals surface area contributed by atoms with E-state index in [1.807, 2.05) is 0 Å². The Kier molecular flexibility index (Phi) is 2.16. The molecule has 0 bridgehead atoms. The van der Waals surface area contributed by atoms with Crippen LogP contribution in [-0.4, -0.2) is 41.7 Å². The van der Waals surface area contributed by atoms with Gasteiger partial charge in [-0.05, 0) is 14.0 Å². The van der Waals surface area contributed by atoms with Crippen LogP contribution in [-0.2, 0) is 0 Å². The van der Waals surface area contributed by atoms with Gasteiger partial charge < -0.3 is 5.11 Å². The molecule has 1 fully saturated rings. The second kappa shape index (κ2) is 2.68. The first-order chi connectivity index (χ1) is 4.92. The smallest absolute Gasteiger partial charge is 0.262 e. The second-order valence-corrected chi connectivity index (χ2v) is 3.28. The third-order valence-electron chi connectivity index (χ3n) is 2.11. The van der Waals surface area contributed by atoms with Crippen LogP contribution in [0.1, 0.15) is 13.3 Å². The van der Waals surface area contributed by atoms with Crippen LogP contribution in [0.4, 0.5) is 8.78 Å². The molecule has 0 saturated carbocycles. The van der Waals surface area contributed by atoms with Gasteiger partial charge in [-0.25, -0.2) is 8.78 Å². The number of likely N-dealkylation sites (tertiary alicyclic amines) is 1. The Hall–Kier alpha value is -0.220. The molecule has 1 N–H and O–H groups in total. The summed E-state index contributed by atoms with van der Waals surface area (Å²) in [6, 6.07) is -0.384. The maximum atomic E-state index is 12.7. The predicted molar refractivity (Wildman–Crippen MR) is 37.7 cm³/mol. The molecule has 0 aliphatic carbocycles. The number of hydrogen-bond acceptors (Lipinski definition) is 2. The molecular weight excluding hydrogens is 152 g/mol. The van der Waals surface area contributed by atoms with Crippen molar-refractivity contribution in [2.75, 3.05) is 13.6 Å². The van der Waals surface area contributed by atoms with Gasteiger partial charge in [0.2, 0.25) is 0 Å². The van der Waals surface area contributed by atoms with Crippen LogP contribution >= 0.6 is 0 Å². The van der Waals surface area contributed by atoms with E-state index in [4.69, 9.17) is 5.11 Å². The molecule has 1 saturated heterocycles. The minimum absolute atomic E-state index is 0.221. The van der Waals surface area contributed by atoms with Crippen molar-refractivity contribution >= 4 is 0 Å². The molecule has 1 heterocycles. The molecule has 2 atom stereocenters. The van der Waals surface area contributed by atoms with Gasteiger partial charge in [-0.2, -0.15) is 0 Å². The van der Waals surface area contributed by atoms with Crippen molar-refractivity contribution in [3.63, 3.8) is 0 Å². The fourth-order valence-corrected chi connectivity index (χ4v) is 1.55. The molecule has 0 aromatic rings. The van der Waals surface area contributed by atoms with Gasteiger partial charge in [0.25, 0.3) is 5.92 Å². The van der Waals surface area contributed by atoms with Crippen LogP contribution in [0.3, 0.4) is 0 Å². The molecular formula is C7H13F2NO. The van der Waals surface area contributed by atoms with Crippen molar-refractivity contribution in [3.05, 3.63) is 0 Å². The van der Waals surface area contributed by atoms with Gasteiger partial charge in [0.05, 0.1) is 12.6 Å². The molecule has 1 aliphatic heterocycles. The number of aliphatic hydroxyl groups excluding tert-OH is 1. The number of halogens is 2. The highest BCUT2D eigenvalue weighted by Gasteiger charge is 2.44. The van der Waals surface area contributed by atoms with Gasteiger partial charge in [-0.15, -0.1) is 0 Å². The summed E-state index contributed by atoms with van der Waals surface area (Å²) in [5.41, 5.74) is 0. The number of hydrogen-bond donors (Lipinski definition) is 1. The molecule has 4 heteroatoms. The van der Waals surface area contributed by atoms with Crippen LogP contribution in [0, 0.1) is 0 Å². The van der Waals surface area contributed by atoms with Gasteiger partial charge >= 0.3 is 0 Å². The molecule has 1 aliphatic rings.